The van der Waals surface area contributed by atoms with Crippen molar-refractivity contribution in [2.24, 2.45) is 0 Å². The fourth-order valence-electron chi connectivity index (χ4n) is 2.39. The predicted octanol–water partition coefficient (Wildman–Crippen LogP) is 0.977. The van der Waals surface area contributed by atoms with Crippen molar-refractivity contribution >= 4 is 33.2 Å². The number of benzene rings is 1. The SMILES string of the molecule is O=C(O)c1ncsc1N(Cc1ccc2c(c1)CNC2)[SH](=O)=O. The number of hydrogen-bond acceptors (Lipinski definition) is 6. The highest BCUT2D eigenvalue weighted by Gasteiger charge is 2.22. The van der Waals surface area contributed by atoms with Gasteiger partial charge in [-0.3, -0.25) is 4.31 Å². The van der Waals surface area contributed by atoms with Gasteiger partial charge in [0, 0.05) is 13.1 Å². The van der Waals surface area contributed by atoms with E-state index in [1.165, 1.54) is 11.1 Å². The Balaban J connectivity index is 1.92. The van der Waals surface area contributed by atoms with E-state index >= 15 is 0 Å². The van der Waals surface area contributed by atoms with E-state index in [0.29, 0.717) is 0 Å². The highest BCUT2D eigenvalue weighted by atomic mass is 32.2. The second-order valence-corrected chi connectivity index (χ2v) is 6.61. The number of thiol groups is 1. The van der Waals surface area contributed by atoms with Gasteiger partial charge in [0.05, 0.1) is 12.1 Å². The van der Waals surface area contributed by atoms with Gasteiger partial charge < -0.3 is 10.4 Å². The molecule has 22 heavy (non-hydrogen) atoms. The van der Waals surface area contributed by atoms with Gasteiger partial charge in [0.15, 0.2) is 5.69 Å². The van der Waals surface area contributed by atoms with Crippen LogP contribution < -0.4 is 9.62 Å². The maximum absolute atomic E-state index is 11.5. The van der Waals surface area contributed by atoms with Crippen LogP contribution in [0.2, 0.25) is 0 Å². The van der Waals surface area contributed by atoms with Crippen molar-refractivity contribution < 1.29 is 18.3 Å². The molecule has 0 fully saturated rings. The summed E-state index contributed by atoms with van der Waals surface area (Å²) in [4.78, 5) is 14.8. The third-order valence-corrected chi connectivity index (χ3v) is 5.14. The molecule has 2 heterocycles. The molecule has 0 bridgehead atoms. The van der Waals surface area contributed by atoms with Crippen molar-refractivity contribution in [1.29, 1.82) is 0 Å². The van der Waals surface area contributed by atoms with E-state index in [1.54, 1.807) is 0 Å². The van der Waals surface area contributed by atoms with E-state index in [2.05, 4.69) is 10.3 Å². The maximum Gasteiger partial charge on any atom is 0.357 e. The molecule has 1 aliphatic rings. The number of rotatable bonds is 5. The van der Waals surface area contributed by atoms with Crippen LogP contribution in [0.25, 0.3) is 0 Å². The van der Waals surface area contributed by atoms with E-state index < -0.39 is 16.9 Å². The number of thiazole rings is 1. The van der Waals surface area contributed by atoms with Gasteiger partial charge in [0.1, 0.15) is 5.00 Å². The van der Waals surface area contributed by atoms with Gasteiger partial charge in [-0.2, -0.15) is 0 Å². The summed E-state index contributed by atoms with van der Waals surface area (Å²) >= 11 is 0.997. The van der Waals surface area contributed by atoms with Gasteiger partial charge in [-0.15, -0.1) is 11.3 Å². The smallest absolute Gasteiger partial charge is 0.357 e. The van der Waals surface area contributed by atoms with Crippen molar-refractivity contribution in [3.8, 4) is 0 Å². The molecule has 2 aromatic rings. The monoisotopic (exact) mass is 339 g/mol. The summed E-state index contributed by atoms with van der Waals surface area (Å²) < 4.78 is 24.2. The van der Waals surface area contributed by atoms with Crippen LogP contribution in [0, 0.1) is 0 Å². The number of fused-ring (bicyclic) bond motifs is 1. The number of aromatic carboxylic acids is 1. The number of carbonyl (C=O) groups is 1. The van der Waals surface area contributed by atoms with Crippen LogP contribution in [0.15, 0.2) is 23.7 Å². The fourth-order valence-corrected chi connectivity index (χ4v) is 3.95. The Labute approximate surface area is 132 Å². The molecule has 3 rings (SSSR count). The number of anilines is 1. The Morgan fingerprint density at radius 3 is 2.86 bits per heavy atom. The molecule has 7 nitrogen and oxygen atoms in total. The first-order chi connectivity index (χ1) is 10.6. The number of nitrogens with one attached hydrogen (secondary N) is 1. The van der Waals surface area contributed by atoms with Crippen molar-refractivity contribution in [3.05, 3.63) is 46.1 Å². The number of aromatic nitrogens is 1. The average molecular weight is 339 g/mol. The topological polar surface area (TPSA) is 99.6 Å². The summed E-state index contributed by atoms with van der Waals surface area (Å²) in [6.45, 7) is 1.66. The van der Waals surface area contributed by atoms with E-state index in [-0.39, 0.29) is 17.2 Å². The number of carboxylic acids is 1. The average Bonchev–Trinajstić information content (AvgIpc) is 3.12. The maximum atomic E-state index is 11.5. The molecular weight excluding hydrogens is 326 g/mol. The molecule has 0 spiro atoms. The Bertz CT molecular complexity index is 792. The lowest BCUT2D eigenvalue weighted by atomic mass is 10.1. The lowest BCUT2D eigenvalue weighted by molar-refractivity contribution is 0.0692. The molecular formula is C13H13N3O4S2. The van der Waals surface area contributed by atoms with Crippen LogP contribution in [0.1, 0.15) is 27.2 Å². The molecule has 0 radical (unpaired) electrons. The first kappa shape index (κ1) is 14.9. The van der Waals surface area contributed by atoms with Crippen molar-refractivity contribution in [2.45, 2.75) is 19.6 Å². The Morgan fingerprint density at radius 1 is 1.36 bits per heavy atom. The summed E-state index contributed by atoms with van der Waals surface area (Å²) in [7, 11) is -2.96. The van der Waals surface area contributed by atoms with Crippen LogP contribution in [0.3, 0.4) is 0 Å². The first-order valence-corrected chi connectivity index (χ1v) is 8.47. The van der Waals surface area contributed by atoms with Gasteiger partial charge in [-0.25, -0.2) is 18.2 Å². The number of hydrogen-bond donors (Lipinski definition) is 3. The highest BCUT2D eigenvalue weighted by Crippen LogP contribution is 2.28. The quantitative estimate of drug-likeness (QED) is 0.702. The summed E-state index contributed by atoms with van der Waals surface area (Å²) in [6, 6.07) is 5.77. The lowest BCUT2D eigenvalue weighted by Gasteiger charge is -2.16. The zero-order valence-electron chi connectivity index (χ0n) is 11.4. The third kappa shape index (κ3) is 2.82. The fraction of sp³-hybridized carbons (Fsp3) is 0.231. The summed E-state index contributed by atoms with van der Waals surface area (Å²) in [5, 5.41) is 12.4. The van der Waals surface area contributed by atoms with Crippen LogP contribution in [0.5, 0.6) is 0 Å². The minimum absolute atomic E-state index is 0.0917. The summed E-state index contributed by atoms with van der Waals surface area (Å²) in [6.07, 6.45) is 0. The molecule has 9 heteroatoms. The molecule has 0 unspecified atom stereocenters. The largest absolute Gasteiger partial charge is 0.476 e. The normalized spacial score (nSPS) is 13.3. The second-order valence-electron chi connectivity index (χ2n) is 4.81. The van der Waals surface area contributed by atoms with E-state index in [4.69, 9.17) is 5.11 Å². The van der Waals surface area contributed by atoms with Crippen molar-refractivity contribution in [3.63, 3.8) is 0 Å². The van der Waals surface area contributed by atoms with Crippen LogP contribution in [-0.2, 0) is 30.5 Å². The number of nitrogens with zero attached hydrogens (tertiary/aromatic N) is 2. The van der Waals surface area contributed by atoms with Gasteiger partial charge >= 0.3 is 5.97 Å². The van der Waals surface area contributed by atoms with Gasteiger partial charge in [-0.1, -0.05) is 18.2 Å². The zero-order chi connectivity index (χ0) is 15.7. The van der Waals surface area contributed by atoms with Gasteiger partial charge in [0.2, 0.25) is 10.9 Å². The van der Waals surface area contributed by atoms with Crippen molar-refractivity contribution in [2.75, 3.05) is 4.31 Å². The minimum atomic E-state index is -2.96. The standard InChI is InChI=1S/C13H13N3O4S2/c17-13(18)11-12(21-7-15-11)16(22(19)20)6-8-1-2-9-4-14-5-10(9)3-8/h1-3,7,14,22H,4-6H2,(H,17,18). The predicted molar refractivity (Wildman–Crippen MR) is 82.6 cm³/mol. The molecule has 0 saturated heterocycles. The van der Waals surface area contributed by atoms with E-state index in [0.717, 1.165) is 39.9 Å². The van der Waals surface area contributed by atoms with E-state index in [1.807, 2.05) is 18.2 Å². The molecule has 1 aromatic carbocycles. The lowest BCUT2D eigenvalue weighted by Crippen LogP contribution is -2.21. The highest BCUT2D eigenvalue weighted by molar-refractivity contribution is 7.74. The summed E-state index contributed by atoms with van der Waals surface area (Å²) in [5.41, 5.74) is 4.24. The zero-order valence-corrected chi connectivity index (χ0v) is 13.1. The Morgan fingerprint density at radius 2 is 2.14 bits per heavy atom. The molecule has 2 N–H and O–H groups in total. The molecule has 1 aromatic heterocycles. The molecule has 116 valence electrons. The van der Waals surface area contributed by atoms with Gasteiger partial charge in [-0.05, 0) is 16.7 Å². The molecule has 0 aliphatic carbocycles. The number of carboxylic acid groups (broad SMARTS) is 1. The Kier molecular flexibility index (Phi) is 4.10. The van der Waals surface area contributed by atoms with Crippen molar-refractivity contribution in [1.82, 2.24) is 10.3 Å². The third-order valence-electron chi connectivity index (χ3n) is 3.42. The minimum Gasteiger partial charge on any atom is -0.476 e. The van der Waals surface area contributed by atoms with Crippen LogP contribution in [0.4, 0.5) is 5.00 Å². The van der Waals surface area contributed by atoms with Gasteiger partial charge in [0.25, 0.3) is 0 Å². The second kappa shape index (κ2) is 6.03. The first-order valence-electron chi connectivity index (χ1n) is 6.46. The van der Waals surface area contributed by atoms with E-state index in [9.17, 15) is 13.2 Å². The Hall–Kier alpha value is -1.97. The summed E-state index contributed by atoms with van der Waals surface area (Å²) in [5.74, 6) is -1.24. The molecule has 0 atom stereocenters. The molecule has 0 saturated carbocycles. The van der Waals surface area contributed by atoms with Crippen LogP contribution in [-0.4, -0.2) is 24.5 Å². The molecule has 1 aliphatic heterocycles. The van der Waals surface area contributed by atoms with Crippen LogP contribution >= 0.6 is 11.3 Å². The molecule has 0 amide bonds.